The Bertz CT molecular complexity index is 4300. The van der Waals surface area contributed by atoms with Crippen LogP contribution in [0.5, 0.6) is 0 Å². The van der Waals surface area contributed by atoms with Gasteiger partial charge in [0.05, 0.1) is 16.6 Å². The van der Waals surface area contributed by atoms with Gasteiger partial charge in [0.2, 0.25) is 0 Å². The van der Waals surface area contributed by atoms with Crippen LogP contribution in [0.4, 0.5) is 0 Å². The quantitative estimate of drug-likeness (QED) is 0.165. The van der Waals surface area contributed by atoms with E-state index in [9.17, 15) is 0 Å². The molecule has 0 aliphatic heterocycles. The summed E-state index contributed by atoms with van der Waals surface area (Å²) in [4.78, 5) is 21.4. The Morgan fingerprint density at radius 2 is 0.708 bits per heavy atom. The third-order valence-electron chi connectivity index (χ3n) is 13.2. The Morgan fingerprint density at radius 1 is 0.292 bits per heavy atom. The van der Waals surface area contributed by atoms with E-state index in [-0.39, 0.29) is 0 Å². The number of aromatic nitrogens is 4. The Labute approximate surface area is 371 Å². The topological polar surface area (TPSA) is 64.7 Å². The van der Waals surface area contributed by atoms with E-state index in [0.717, 1.165) is 104 Å². The summed E-state index contributed by atoms with van der Waals surface area (Å²) in [6, 6.07) is 72.6. The largest absolute Gasteiger partial charge is 0.451 e. The highest BCUT2D eigenvalue weighted by Crippen LogP contribution is 2.45. The van der Waals surface area contributed by atoms with E-state index in [1.54, 1.807) is 0 Å². The van der Waals surface area contributed by atoms with Crippen LogP contribution in [0.1, 0.15) is 0 Å². The Balaban J connectivity index is 0.999. The van der Waals surface area contributed by atoms with Crippen molar-refractivity contribution in [2.24, 2.45) is 0 Å². The summed E-state index contributed by atoms with van der Waals surface area (Å²) in [5.41, 5.74) is 8.67. The summed E-state index contributed by atoms with van der Waals surface area (Å²) >= 11 is 0. The minimum Gasteiger partial charge on any atom is -0.451 e. The van der Waals surface area contributed by atoms with Crippen LogP contribution < -0.4 is 0 Å². The zero-order chi connectivity index (χ0) is 42.6. The molecule has 0 fully saturated rings. The molecule has 0 saturated heterocycles. The van der Waals surface area contributed by atoms with Gasteiger partial charge in [-0.3, -0.25) is 0 Å². The second-order valence-corrected chi connectivity index (χ2v) is 16.8. The van der Waals surface area contributed by atoms with E-state index in [0.29, 0.717) is 17.2 Å². The average molecular weight is 827 g/mol. The van der Waals surface area contributed by atoms with Crippen molar-refractivity contribution < 1.29 is 4.42 Å². The van der Waals surface area contributed by atoms with Crippen molar-refractivity contribution in [2.75, 3.05) is 0 Å². The van der Waals surface area contributed by atoms with Gasteiger partial charge >= 0.3 is 0 Å². The van der Waals surface area contributed by atoms with Crippen molar-refractivity contribution in [2.45, 2.75) is 0 Å². The molecule has 11 aromatic carbocycles. The number of benzene rings is 11. The van der Waals surface area contributed by atoms with Crippen LogP contribution >= 0.6 is 0 Å². The fraction of sp³-hybridized carbons (Fsp3) is 0. The molecular weight excluding hydrogens is 793 g/mol. The van der Waals surface area contributed by atoms with E-state index in [4.69, 9.17) is 24.4 Å². The molecule has 14 aromatic rings. The highest BCUT2D eigenvalue weighted by atomic mass is 16.3. The molecule has 0 N–H and O–H groups in total. The van der Waals surface area contributed by atoms with Crippen molar-refractivity contribution in [3.63, 3.8) is 0 Å². The van der Waals surface area contributed by atoms with Gasteiger partial charge in [-0.25, -0.2) is 19.9 Å². The predicted octanol–water partition coefficient (Wildman–Crippen LogP) is 15.9. The number of nitrogens with zero attached hydrogens (tertiary/aromatic N) is 4. The summed E-state index contributed by atoms with van der Waals surface area (Å²) in [5.74, 6) is 1.26. The number of fused-ring (bicyclic) bond motifs is 15. The van der Waals surface area contributed by atoms with Gasteiger partial charge in [0.1, 0.15) is 16.8 Å². The summed E-state index contributed by atoms with van der Waals surface area (Å²) in [6.45, 7) is 0. The first-order valence-electron chi connectivity index (χ1n) is 22.0. The summed E-state index contributed by atoms with van der Waals surface area (Å²) in [7, 11) is 0. The van der Waals surface area contributed by atoms with Crippen LogP contribution in [0.3, 0.4) is 0 Å². The van der Waals surface area contributed by atoms with Gasteiger partial charge in [-0.2, -0.15) is 0 Å². The van der Waals surface area contributed by atoms with Gasteiger partial charge in [0.25, 0.3) is 0 Å². The van der Waals surface area contributed by atoms with Crippen LogP contribution in [0.2, 0.25) is 0 Å². The molecule has 3 heterocycles. The molecule has 3 aromatic heterocycles. The second-order valence-electron chi connectivity index (χ2n) is 16.8. The average Bonchev–Trinajstić information content (AvgIpc) is 3.78. The van der Waals surface area contributed by atoms with Crippen LogP contribution in [-0.2, 0) is 0 Å². The van der Waals surface area contributed by atoms with Gasteiger partial charge in [-0.1, -0.05) is 188 Å². The molecule has 0 saturated carbocycles. The number of para-hydroxylation sites is 1. The van der Waals surface area contributed by atoms with Crippen LogP contribution in [0.25, 0.3) is 143 Å². The van der Waals surface area contributed by atoms with Crippen molar-refractivity contribution in [1.82, 2.24) is 19.9 Å². The zero-order valence-electron chi connectivity index (χ0n) is 34.8. The van der Waals surface area contributed by atoms with Crippen molar-refractivity contribution in [3.8, 4) is 45.3 Å². The molecule has 0 atom stereocenters. The molecule has 0 aliphatic rings. The van der Waals surface area contributed by atoms with Crippen LogP contribution in [0, 0.1) is 0 Å². The van der Waals surface area contributed by atoms with Gasteiger partial charge in [-0.05, 0) is 77.4 Å². The standard InChI is InChI=1S/C60H34N4O/c1-3-17-39-37(15-1)33-50(45-23-7-5-19-41(39)45)54-49-27-13-14-28-52(49)61-59(62-54)35-29-31-36(32-30-35)60-63-55(51-34-38-16-2-4-18-40(38)42-20-6-8-24-46(42)51)58-56(64-60)53-47-25-11-9-21-43(47)44-22-10-12-26-48(44)57(53)65-58/h1-34H. The maximum absolute atomic E-state index is 7.08. The lowest BCUT2D eigenvalue weighted by Gasteiger charge is -2.14. The molecule has 5 heteroatoms. The molecule has 0 spiro atoms. The number of hydrogen-bond acceptors (Lipinski definition) is 5. The number of rotatable bonds is 4. The van der Waals surface area contributed by atoms with E-state index >= 15 is 0 Å². The second kappa shape index (κ2) is 13.9. The first-order valence-corrected chi connectivity index (χ1v) is 22.0. The lowest BCUT2D eigenvalue weighted by atomic mass is 9.94. The summed E-state index contributed by atoms with van der Waals surface area (Å²) in [5, 5.41) is 15.8. The number of hydrogen-bond donors (Lipinski definition) is 0. The summed E-state index contributed by atoms with van der Waals surface area (Å²) < 4.78 is 7.08. The SMILES string of the molecule is c1ccc2c(c1)cc(-c1nc(-c3ccc(-c4nc(-c5cc6ccccc6c6ccccc56)c5oc6c7ccccc7c7ccccc7c6c5n4)cc3)nc3ccccc13)c1ccccc12. The minimum atomic E-state index is 0.610. The number of furan rings is 1. The molecule has 0 radical (unpaired) electrons. The molecular formula is C60H34N4O. The van der Waals surface area contributed by atoms with E-state index in [1.165, 1.54) is 21.5 Å². The first kappa shape index (κ1) is 35.8. The molecule has 300 valence electrons. The fourth-order valence-electron chi connectivity index (χ4n) is 10.3. The van der Waals surface area contributed by atoms with Crippen molar-refractivity contribution in [1.29, 1.82) is 0 Å². The van der Waals surface area contributed by atoms with Gasteiger partial charge in [0, 0.05) is 33.0 Å². The lowest BCUT2D eigenvalue weighted by molar-refractivity contribution is 0.671. The Hall–Kier alpha value is -8.80. The highest BCUT2D eigenvalue weighted by molar-refractivity contribution is 6.30. The van der Waals surface area contributed by atoms with Crippen LogP contribution in [0.15, 0.2) is 211 Å². The van der Waals surface area contributed by atoms with Gasteiger partial charge in [-0.15, -0.1) is 0 Å². The third kappa shape index (κ3) is 5.39. The van der Waals surface area contributed by atoms with E-state index in [2.05, 4.69) is 200 Å². The molecule has 65 heavy (non-hydrogen) atoms. The fourth-order valence-corrected chi connectivity index (χ4v) is 10.3. The van der Waals surface area contributed by atoms with Crippen molar-refractivity contribution in [3.05, 3.63) is 206 Å². The Morgan fingerprint density at radius 3 is 1.31 bits per heavy atom. The molecule has 0 aliphatic carbocycles. The minimum absolute atomic E-state index is 0.610. The zero-order valence-corrected chi connectivity index (χ0v) is 34.8. The summed E-state index contributed by atoms with van der Waals surface area (Å²) in [6.07, 6.45) is 0. The maximum Gasteiger partial charge on any atom is 0.180 e. The molecule has 0 unspecified atom stereocenters. The third-order valence-corrected chi connectivity index (χ3v) is 13.2. The lowest BCUT2D eigenvalue weighted by Crippen LogP contribution is -1.97. The van der Waals surface area contributed by atoms with Crippen molar-refractivity contribution >= 4 is 97.6 Å². The maximum atomic E-state index is 7.08. The van der Waals surface area contributed by atoms with Crippen LogP contribution in [-0.4, -0.2) is 19.9 Å². The first-order chi connectivity index (χ1) is 32.2. The van der Waals surface area contributed by atoms with E-state index in [1.807, 2.05) is 6.07 Å². The highest BCUT2D eigenvalue weighted by Gasteiger charge is 2.24. The monoisotopic (exact) mass is 826 g/mol. The van der Waals surface area contributed by atoms with Gasteiger partial charge in [0.15, 0.2) is 17.2 Å². The Kier molecular flexibility index (Phi) is 7.62. The van der Waals surface area contributed by atoms with E-state index < -0.39 is 0 Å². The molecule has 0 bridgehead atoms. The predicted molar refractivity (Wildman–Crippen MR) is 269 cm³/mol. The molecule has 5 nitrogen and oxygen atoms in total. The van der Waals surface area contributed by atoms with Gasteiger partial charge < -0.3 is 4.42 Å². The molecule has 14 rings (SSSR count). The smallest absolute Gasteiger partial charge is 0.180 e. The molecule has 0 amide bonds. The normalized spacial score (nSPS) is 12.0.